The third-order valence-electron chi connectivity index (χ3n) is 6.00. The molecule has 2 aliphatic rings. The minimum atomic E-state index is -0.945. The van der Waals surface area contributed by atoms with Gasteiger partial charge >= 0.3 is 0 Å². The molecule has 1 aliphatic carbocycles. The Kier molecular flexibility index (Phi) is 6.49. The van der Waals surface area contributed by atoms with Gasteiger partial charge in [0.25, 0.3) is 5.91 Å². The lowest BCUT2D eigenvalue weighted by atomic mass is 9.93. The Hall–Kier alpha value is -4.11. The van der Waals surface area contributed by atoms with Crippen LogP contribution >= 0.6 is 0 Å². The van der Waals surface area contributed by atoms with Crippen molar-refractivity contribution >= 4 is 23.1 Å². The first-order chi connectivity index (χ1) is 17.1. The smallest absolute Gasteiger partial charge is 0.255 e. The Labute approximate surface area is 201 Å². The lowest BCUT2D eigenvalue weighted by molar-refractivity contribution is 0.0951. The van der Waals surface area contributed by atoms with E-state index < -0.39 is 11.6 Å². The Morgan fingerprint density at radius 3 is 2.89 bits per heavy atom. The summed E-state index contributed by atoms with van der Waals surface area (Å²) in [5.74, 6) is -0.627. The molecule has 0 saturated heterocycles. The summed E-state index contributed by atoms with van der Waals surface area (Å²) in [6.45, 7) is 1.44. The van der Waals surface area contributed by atoms with Gasteiger partial charge in [0, 0.05) is 43.2 Å². The van der Waals surface area contributed by atoms with E-state index in [1.165, 1.54) is 6.07 Å². The van der Waals surface area contributed by atoms with Gasteiger partial charge in [0.15, 0.2) is 11.6 Å². The van der Waals surface area contributed by atoms with Crippen molar-refractivity contribution in [1.82, 2.24) is 20.7 Å². The van der Waals surface area contributed by atoms with E-state index in [9.17, 15) is 13.6 Å². The summed E-state index contributed by atoms with van der Waals surface area (Å²) >= 11 is 0. The van der Waals surface area contributed by atoms with Gasteiger partial charge in [-0.1, -0.05) is 24.3 Å². The van der Waals surface area contributed by atoms with Gasteiger partial charge < -0.3 is 16.1 Å². The summed E-state index contributed by atoms with van der Waals surface area (Å²) in [6, 6.07) is 9.05. The second-order valence-electron chi connectivity index (χ2n) is 8.44. The average molecular weight is 475 g/mol. The van der Waals surface area contributed by atoms with Crippen LogP contribution in [0, 0.1) is 17.6 Å². The first-order valence-corrected chi connectivity index (χ1v) is 11.3. The Morgan fingerprint density at radius 2 is 2.06 bits per heavy atom. The van der Waals surface area contributed by atoms with Crippen molar-refractivity contribution in [1.29, 1.82) is 0 Å². The van der Waals surface area contributed by atoms with Gasteiger partial charge in [0.1, 0.15) is 11.6 Å². The number of carbonyl (C=O) groups is 1. The van der Waals surface area contributed by atoms with Gasteiger partial charge in [-0.05, 0) is 53.8 Å². The molecular formula is C26H24F2N6O. The average Bonchev–Trinajstić information content (AvgIpc) is 3.36. The van der Waals surface area contributed by atoms with Crippen LogP contribution in [-0.2, 0) is 13.1 Å². The number of aromatic nitrogens is 2. The zero-order chi connectivity index (χ0) is 24.2. The summed E-state index contributed by atoms with van der Waals surface area (Å²) in [5.41, 5.74) is 10.3. The van der Waals surface area contributed by atoms with E-state index in [4.69, 9.17) is 0 Å². The molecule has 0 bridgehead atoms. The second kappa shape index (κ2) is 10.0. The highest BCUT2D eigenvalue weighted by Gasteiger charge is 2.17. The van der Waals surface area contributed by atoms with Gasteiger partial charge in [-0.25, -0.2) is 24.2 Å². The van der Waals surface area contributed by atoms with Gasteiger partial charge in [-0.15, -0.1) is 0 Å². The normalized spacial score (nSPS) is 16.3. The SMILES string of the molecule is O=C(NCc1ccc(F)c(F)c1)c1cccnc1NCC1C=CC(c2cnc3c(c2)CNN3)=CC1. The van der Waals surface area contributed by atoms with Crippen molar-refractivity contribution in [3.05, 3.63) is 101 Å². The van der Waals surface area contributed by atoms with Crippen molar-refractivity contribution in [2.45, 2.75) is 19.5 Å². The molecule has 7 nitrogen and oxygen atoms in total. The number of nitrogens with zero attached hydrogens (tertiary/aromatic N) is 2. The molecule has 178 valence electrons. The fraction of sp³-hybridized carbons (Fsp3) is 0.192. The number of halogens is 2. The molecule has 5 rings (SSSR count). The van der Waals surface area contributed by atoms with Crippen LogP contribution in [-0.4, -0.2) is 22.4 Å². The molecule has 0 saturated carbocycles. The van der Waals surface area contributed by atoms with Gasteiger partial charge in [0.2, 0.25) is 0 Å². The number of hydrazine groups is 1. The lowest BCUT2D eigenvalue weighted by Gasteiger charge is -2.18. The number of carbonyl (C=O) groups excluding carboxylic acids is 1. The van der Waals surface area contributed by atoms with Crippen LogP contribution in [0.5, 0.6) is 0 Å². The predicted molar refractivity (Wildman–Crippen MR) is 130 cm³/mol. The fourth-order valence-corrected chi connectivity index (χ4v) is 4.05. The molecule has 1 amide bonds. The molecule has 0 spiro atoms. The van der Waals surface area contributed by atoms with Crippen LogP contribution in [0.3, 0.4) is 0 Å². The first kappa shape index (κ1) is 22.7. The maximum Gasteiger partial charge on any atom is 0.255 e. The van der Waals surface area contributed by atoms with E-state index in [2.05, 4.69) is 55.7 Å². The van der Waals surface area contributed by atoms with Crippen LogP contribution < -0.4 is 21.5 Å². The van der Waals surface area contributed by atoms with Crippen LogP contribution in [0.2, 0.25) is 0 Å². The molecule has 1 atom stereocenters. The van der Waals surface area contributed by atoms with Crippen LogP contribution in [0.1, 0.15) is 33.5 Å². The second-order valence-corrected chi connectivity index (χ2v) is 8.44. The molecule has 1 aliphatic heterocycles. The maximum absolute atomic E-state index is 13.4. The lowest BCUT2D eigenvalue weighted by Crippen LogP contribution is -2.25. The van der Waals surface area contributed by atoms with Crippen molar-refractivity contribution in [3.8, 4) is 0 Å². The van der Waals surface area contributed by atoms with E-state index in [1.807, 2.05) is 6.20 Å². The number of benzene rings is 1. The highest BCUT2D eigenvalue weighted by atomic mass is 19.2. The highest BCUT2D eigenvalue weighted by molar-refractivity contribution is 5.98. The van der Waals surface area contributed by atoms with Crippen molar-refractivity contribution in [2.75, 3.05) is 17.3 Å². The summed E-state index contributed by atoms with van der Waals surface area (Å²) in [4.78, 5) is 21.5. The fourth-order valence-electron chi connectivity index (χ4n) is 4.05. The minimum absolute atomic E-state index is 0.0764. The van der Waals surface area contributed by atoms with Gasteiger partial charge in [-0.3, -0.25) is 4.79 Å². The molecule has 0 fully saturated rings. The van der Waals surface area contributed by atoms with Crippen LogP contribution in [0.25, 0.3) is 5.57 Å². The Morgan fingerprint density at radius 1 is 1.14 bits per heavy atom. The number of anilines is 2. The number of hydrogen-bond acceptors (Lipinski definition) is 6. The molecule has 1 aromatic carbocycles. The number of nitrogens with one attached hydrogen (secondary N) is 4. The van der Waals surface area contributed by atoms with Crippen LogP contribution in [0.4, 0.5) is 20.4 Å². The molecular weight excluding hydrogens is 450 g/mol. The van der Waals surface area contributed by atoms with Crippen molar-refractivity contribution < 1.29 is 13.6 Å². The third-order valence-corrected chi connectivity index (χ3v) is 6.00. The standard InChI is InChI=1S/C26H24F2N6O/c27-22-8-5-17(10-23(22)28)13-32-26(35)21-2-1-9-29-25(21)30-12-16-3-6-18(7-4-16)19-11-20-15-33-34-24(20)31-14-19/h1-3,5-11,14,16,33H,4,12-13,15H2,(H,29,30)(H,31,34)(H,32,35). The van der Waals surface area contributed by atoms with E-state index in [-0.39, 0.29) is 18.4 Å². The first-order valence-electron chi connectivity index (χ1n) is 11.3. The molecule has 35 heavy (non-hydrogen) atoms. The molecule has 2 aromatic heterocycles. The zero-order valence-corrected chi connectivity index (χ0v) is 18.8. The Bertz CT molecular complexity index is 1320. The molecule has 1 unspecified atom stereocenters. The molecule has 0 radical (unpaired) electrons. The highest BCUT2D eigenvalue weighted by Crippen LogP contribution is 2.27. The number of amides is 1. The van der Waals surface area contributed by atoms with E-state index >= 15 is 0 Å². The van der Waals surface area contributed by atoms with E-state index in [0.29, 0.717) is 23.5 Å². The molecule has 3 heterocycles. The largest absolute Gasteiger partial charge is 0.369 e. The number of rotatable bonds is 7. The number of allylic oxidation sites excluding steroid dienone is 3. The summed E-state index contributed by atoms with van der Waals surface area (Å²) in [6.07, 6.45) is 10.8. The van der Waals surface area contributed by atoms with Gasteiger partial charge in [-0.2, -0.15) is 0 Å². The van der Waals surface area contributed by atoms with E-state index in [0.717, 1.165) is 47.6 Å². The molecule has 9 heteroatoms. The summed E-state index contributed by atoms with van der Waals surface area (Å²) in [5, 5.41) is 6.01. The third kappa shape index (κ3) is 5.20. The zero-order valence-electron chi connectivity index (χ0n) is 18.8. The summed E-state index contributed by atoms with van der Waals surface area (Å²) in [7, 11) is 0. The minimum Gasteiger partial charge on any atom is -0.369 e. The summed E-state index contributed by atoms with van der Waals surface area (Å²) < 4.78 is 26.5. The topological polar surface area (TPSA) is 91.0 Å². The number of fused-ring (bicyclic) bond motifs is 1. The van der Waals surface area contributed by atoms with Crippen molar-refractivity contribution in [3.63, 3.8) is 0 Å². The number of hydrogen-bond donors (Lipinski definition) is 4. The monoisotopic (exact) mass is 474 g/mol. The molecule has 4 N–H and O–H groups in total. The molecule has 3 aromatic rings. The van der Waals surface area contributed by atoms with Crippen LogP contribution in [0.15, 0.2) is 67.0 Å². The van der Waals surface area contributed by atoms with Gasteiger partial charge in [0.05, 0.1) is 5.56 Å². The predicted octanol–water partition coefficient (Wildman–Crippen LogP) is 4.19. The quantitative estimate of drug-likeness (QED) is 0.411. The Balaban J connectivity index is 1.17. The van der Waals surface area contributed by atoms with E-state index in [1.54, 1.807) is 18.3 Å². The number of pyridine rings is 2. The van der Waals surface area contributed by atoms with Crippen molar-refractivity contribution in [2.24, 2.45) is 5.92 Å². The maximum atomic E-state index is 13.4.